The molecule has 1 N–H and O–H groups in total. The van der Waals surface area contributed by atoms with Crippen LogP contribution in [0.1, 0.15) is 18.1 Å². The molecule has 0 aliphatic carbocycles. The first-order chi connectivity index (χ1) is 12.0. The number of likely N-dealkylation sites (N-methyl/N-ethyl adjacent to an activating group) is 1. The first-order valence-electron chi connectivity index (χ1n) is 8.26. The van der Waals surface area contributed by atoms with Crippen LogP contribution in [0.25, 0.3) is 0 Å². The van der Waals surface area contributed by atoms with E-state index in [9.17, 15) is 9.59 Å². The van der Waals surface area contributed by atoms with E-state index in [0.717, 1.165) is 16.0 Å². The molecule has 0 radical (unpaired) electrons. The zero-order chi connectivity index (χ0) is 18.2. The van der Waals surface area contributed by atoms with Crippen molar-refractivity contribution in [1.82, 2.24) is 10.2 Å². The number of carbonyl (C=O) groups is 2. The third-order valence-electron chi connectivity index (χ3n) is 4.12. The smallest absolute Gasteiger partial charge is 0.242 e. The van der Waals surface area contributed by atoms with Gasteiger partial charge in [-0.1, -0.05) is 42.5 Å². The van der Waals surface area contributed by atoms with Crippen molar-refractivity contribution in [2.24, 2.45) is 0 Å². The van der Waals surface area contributed by atoms with Gasteiger partial charge in [0, 0.05) is 18.5 Å². The highest BCUT2D eigenvalue weighted by atomic mass is 32.2. The molecule has 1 atom stereocenters. The quantitative estimate of drug-likeness (QED) is 0.775. The van der Waals surface area contributed by atoms with Crippen molar-refractivity contribution in [3.8, 4) is 0 Å². The number of hydrogen-bond donors (Lipinski definition) is 1. The van der Waals surface area contributed by atoms with Crippen molar-refractivity contribution in [1.29, 1.82) is 0 Å². The van der Waals surface area contributed by atoms with Gasteiger partial charge in [-0.3, -0.25) is 9.59 Å². The maximum atomic E-state index is 12.8. The van der Waals surface area contributed by atoms with Gasteiger partial charge in [-0.15, -0.1) is 11.8 Å². The summed E-state index contributed by atoms with van der Waals surface area (Å²) in [6, 6.07) is 17.2. The fourth-order valence-electron chi connectivity index (χ4n) is 2.51. The van der Waals surface area contributed by atoms with E-state index < -0.39 is 6.04 Å². The summed E-state index contributed by atoms with van der Waals surface area (Å²) in [6.07, 6.45) is 0. The minimum Gasteiger partial charge on any atom is -0.357 e. The molecule has 25 heavy (non-hydrogen) atoms. The second kappa shape index (κ2) is 9.28. The topological polar surface area (TPSA) is 49.4 Å². The van der Waals surface area contributed by atoms with Gasteiger partial charge in [-0.2, -0.15) is 0 Å². The average Bonchev–Trinajstić information content (AvgIpc) is 2.65. The summed E-state index contributed by atoms with van der Waals surface area (Å²) in [5, 5.41) is 2.63. The van der Waals surface area contributed by atoms with E-state index in [1.165, 1.54) is 11.8 Å². The van der Waals surface area contributed by atoms with E-state index >= 15 is 0 Å². The third-order valence-corrected chi connectivity index (χ3v) is 5.12. The first-order valence-corrected chi connectivity index (χ1v) is 9.25. The number of rotatable bonds is 7. The molecule has 0 aliphatic heterocycles. The Hall–Kier alpha value is -2.27. The molecular weight excluding hydrogens is 332 g/mol. The van der Waals surface area contributed by atoms with Crippen LogP contribution in [0.5, 0.6) is 0 Å². The Bertz CT molecular complexity index is 719. The second-order valence-corrected chi connectivity index (χ2v) is 6.89. The Labute approximate surface area is 153 Å². The molecule has 132 valence electrons. The molecular formula is C20H24N2O2S. The van der Waals surface area contributed by atoms with Crippen molar-refractivity contribution < 1.29 is 9.59 Å². The van der Waals surface area contributed by atoms with Gasteiger partial charge in [0.2, 0.25) is 11.8 Å². The maximum Gasteiger partial charge on any atom is 0.242 e. The van der Waals surface area contributed by atoms with Gasteiger partial charge in [0.05, 0.1) is 5.75 Å². The van der Waals surface area contributed by atoms with Crippen molar-refractivity contribution in [3.05, 3.63) is 65.7 Å². The molecule has 0 bridgehead atoms. The lowest BCUT2D eigenvalue weighted by Crippen LogP contribution is -2.47. The van der Waals surface area contributed by atoms with Gasteiger partial charge in [0.25, 0.3) is 0 Å². The maximum absolute atomic E-state index is 12.8. The highest BCUT2D eigenvalue weighted by Gasteiger charge is 2.25. The lowest BCUT2D eigenvalue weighted by Gasteiger charge is -2.29. The predicted molar refractivity (Wildman–Crippen MR) is 102 cm³/mol. The number of aryl methyl sites for hydroxylation is 1. The van der Waals surface area contributed by atoms with Gasteiger partial charge in [0.1, 0.15) is 6.04 Å². The molecule has 0 unspecified atom stereocenters. The van der Waals surface area contributed by atoms with Crippen molar-refractivity contribution in [2.45, 2.75) is 31.3 Å². The Morgan fingerprint density at radius 2 is 1.72 bits per heavy atom. The van der Waals surface area contributed by atoms with Crippen LogP contribution in [0.4, 0.5) is 0 Å². The number of nitrogens with one attached hydrogen (secondary N) is 1. The molecule has 2 aromatic carbocycles. The van der Waals surface area contributed by atoms with Gasteiger partial charge in [0.15, 0.2) is 0 Å². The molecule has 4 nitrogen and oxygen atoms in total. The normalized spacial score (nSPS) is 11.6. The Morgan fingerprint density at radius 3 is 2.36 bits per heavy atom. The molecule has 0 aliphatic rings. The minimum atomic E-state index is -0.520. The van der Waals surface area contributed by atoms with Crippen LogP contribution in [0.2, 0.25) is 0 Å². The lowest BCUT2D eigenvalue weighted by atomic mass is 10.1. The Kier molecular flexibility index (Phi) is 7.07. The number of amides is 2. The number of thioether (sulfide) groups is 1. The highest BCUT2D eigenvalue weighted by Crippen LogP contribution is 2.20. The molecule has 0 fully saturated rings. The summed E-state index contributed by atoms with van der Waals surface area (Å²) in [5.41, 5.74) is 2.16. The summed E-state index contributed by atoms with van der Waals surface area (Å²) in [5.74, 6) is 0.0943. The van der Waals surface area contributed by atoms with Crippen LogP contribution in [-0.2, 0) is 16.1 Å². The summed E-state index contributed by atoms with van der Waals surface area (Å²) in [4.78, 5) is 27.6. The highest BCUT2D eigenvalue weighted by molar-refractivity contribution is 8.00. The fourth-order valence-corrected chi connectivity index (χ4v) is 3.31. The van der Waals surface area contributed by atoms with E-state index in [1.807, 2.05) is 61.5 Å². The van der Waals surface area contributed by atoms with Crippen molar-refractivity contribution in [3.63, 3.8) is 0 Å². The van der Waals surface area contributed by atoms with Gasteiger partial charge in [-0.05, 0) is 37.1 Å². The molecule has 0 heterocycles. The van der Waals surface area contributed by atoms with Crippen LogP contribution in [-0.4, -0.2) is 35.6 Å². The molecule has 0 aromatic heterocycles. The Morgan fingerprint density at radius 1 is 1.08 bits per heavy atom. The Balaban J connectivity index is 2.14. The first kappa shape index (κ1) is 19.1. The number of benzene rings is 2. The van der Waals surface area contributed by atoms with Gasteiger partial charge >= 0.3 is 0 Å². The summed E-state index contributed by atoms with van der Waals surface area (Å²) in [7, 11) is 1.59. The minimum absolute atomic E-state index is 0.0480. The van der Waals surface area contributed by atoms with E-state index in [4.69, 9.17) is 0 Å². The van der Waals surface area contributed by atoms with Crippen LogP contribution in [0.15, 0.2) is 59.5 Å². The van der Waals surface area contributed by atoms with Crippen molar-refractivity contribution in [2.75, 3.05) is 12.8 Å². The van der Waals surface area contributed by atoms with Crippen LogP contribution in [0.3, 0.4) is 0 Å². The lowest BCUT2D eigenvalue weighted by molar-refractivity contribution is -0.138. The van der Waals surface area contributed by atoms with Crippen LogP contribution < -0.4 is 5.32 Å². The van der Waals surface area contributed by atoms with Gasteiger partial charge in [-0.25, -0.2) is 0 Å². The largest absolute Gasteiger partial charge is 0.357 e. The van der Waals surface area contributed by atoms with E-state index in [2.05, 4.69) is 5.32 Å². The van der Waals surface area contributed by atoms with Gasteiger partial charge < -0.3 is 10.2 Å². The van der Waals surface area contributed by atoms with Crippen LogP contribution in [0, 0.1) is 6.92 Å². The molecule has 2 amide bonds. The molecule has 5 heteroatoms. The van der Waals surface area contributed by atoms with Crippen molar-refractivity contribution >= 4 is 23.6 Å². The standard InChI is InChI=1S/C20H24N2O2S/c1-15-9-7-8-10-17(15)13-22(16(2)20(24)21-3)19(23)14-25-18-11-5-4-6-12-18/h4-12,16H,13-14H2,1-3H3,(H,21,24)/t16-/m0/s1. The molecule has 2 aromatic rings. The zero-order valence-corrected chi connectivity index (χ0v) is 15.7. The number of hydrogen-bond acceptors (Lipinski definition) is 3. The summed E-state index contributed by atoms with van der Waals surface area (Å²) < 4.78 is 0. The summed E-state index contributed by atoms with van der Waals surface area (Å²) in [6.45, 7) is 4.21. The molecule has 0 saturated heterocycles. The number of nitrogens with zero attached hydrogens (tertiary/aromatic N) is 1. The predicted octanol–water partition coefficient (Wildman–Crippen LogP) is 3.25. The van der Waals surface area contributed by atoms with Crippen LogP contribution >= 0.6 is 11.8 Å². The average molecular weight is 356 g/mol. The molecule has 0 spiro atoms. The summed E-state index contributed by atoms with van der Waals surface area (Å²) >= 11 is 1.49. The SMILES string of the molecule is CNC(=O)[C@H](C)N(Cc1ccccc1C)C(=O)CSc1ccccc1. The van der Waals surface area contributed by atoms with E-state index in [1.54, 1.807) is 18.9 Å². The second-order valence-electron chi connectivity index (χ2n) is 5.84. The third kappa shape index (κ3) is 5.36. The van der Waals surface area contributed by atoms with E-state index in [-0.39, 0.29) is 11.8 Å². The molecule has 0 saturated carbocycles. The van der Waals surface area contributed by atoms with E-state index in [0.29, 0.717) is 12.3 Å². The molecule has 2 rings (SSSR count). The monoisotopic (exact) mass is 356 g/mol. The zero-order valence-electron chi connectivity index (χ0n) is 14.9. The fraction of sp³-hybridized carbons (Fsp3) is 0.300. The number of carbonyl (C=O) groups excluding carboxylic acids is 2.